The number of hydrogen-bond donors (Lipinski definition) is 2. The van der Waals surface area contributed by atoms with Crippen molar-refractivity contribution in [2.24, 2.45) is 5.73 Å². The summed E-state index contributed by atoms with van der Waals surface area (Å²) in [6.07, 6.45) is -1.36. The van der Waals surface area contributed by atoms with Crippen LogP contribution in [0.15, 0.2) is 30.5 Å². The van der Waals surface area contributed by atoms with Crippen LogP contribution in [0.2, 0.25) is 0 Å². The highest BCUT2D eigenvalue weighted by molar-refractivity contribution is 5.90. The molecule has 1 fully saturated rings. The average molecular weight is 426 g/mol. The summed E-state index contributed by atoms with van der Waals surface area (Å²) in [7, 11) is 0. The van der Waals surface area contributed by atoms with Crippen LogP contribution >= 0.6 is 0 Å². The van der Waals surface area contributed by atoms with Gasteiger partial charge in [0.1, 0.15) is 11.5 Å². The molecule has 1 aliphatic heterocycles. The molecule has 0 aromatic carbocycles. The lowest BCUT2D eigenvalue weighted by molar-refractivity contribution is -0.137. The number of H-pyrrole nitrogens is 1. The minimum atomic E-state index is -4.56. The van der Waals surface area contributed by atoms with Gasteiger partial charge in [0.15, 0.2) is 5.65 Å². The smallest absolute Gasteiger partial charge is 0.370 e. The third-order valence-corrected chi connectivity index (χ3v) is 5.40. The second-order valence-electron chi connectivity index (χ2n) is 7.44. The van der Waals surface area contributed by atoms with Gasteiger partial charge in [0.05, 0.1) is 23.5 Å². The van der Waals surface area contributed by atoms with E-state index in [2.05, 4.69) is 20.2 Å². The fraction of sp³-hybridized carbons (Fsp3) is 0.450. The SMILES string of the molecule is CCCC1(CN)CN(c2ccc(C(F)(F)F)c(-c3[nH]nc4ncccc34)n2)CCO1.[HH].[HH].[HH]. The van der Waals surface area contributed by atoms with Gasteiger partial charge in [-0.05, 0) is 30.7 Å². The summed E-state index contributed by atoms with van der Waals surface area (Å²) >= 11 is 0. The monoisotopic (exact) mass is 426 g/mol. The van der Waals surface area contributed by atoms with Gasteiger partial charge in [-0.15, -0.1) is 0 Å². The van der Waals surface area contributed by atoms with Crippen LogP contribution < -0.4 is 10.6 Å². The minimum absolute atomic E-state index is 0. The Labute approximate surface area is 175 Å². The van der Waals surface area contributed by atoms with Gasteiger partial charge in [-0.2, -0.15) is 18.3 Å². The molecule has 166 valence electrons. The molecule has 0 bridgehead atoms. The lowest BCUT2D eigenvalue weighted by atomic mass is 9.95. The number of fused-ring (bicyclic) bond motifs is 1. The number of pyridine rings is 2. The van der Waals surface area contributed by atoms with Crippen molar-refractivity contribution in [1.29, 1.82) is 0 Å². The van der Waals surface area contributed by atoms with E-state index in [1.807, 2.05) is 11.8 Å². The summed E-state index contributed by atoms with van der Waals surface area (Å²) in [6.45, 7) is 3.81. The van der Waals surface area contributed by atoms with Gasteiger partial charge >= 0.3 is 6.18 Å². The molecule has 7 nitrogen and oxygen atoms in total. The van der Waals surface area contributed by atoms with Crippen molar-refractivity contribution in [3.63, 3.8) is 0 Å². The van der Waals surface area contributed by atoms with Crippen molar-refractivity contribution in [3.05, 3.63) is 36.0 Å². The predicted molar refractivity (Wildman–Crippen MR) is 113 cm³/mol. The highest BCUT2D eigenvalue weighted by atomic mass is 19.4. The Morgan fingerprint density at radius 1 is 1.33 bits per heavy atom. The van der Waals surface area contributed by atoms with E-state index in [-0.39, 0.29) is 15.7 Å². The first-order chi connectivity index (χ1) is 14.4. The van der Waals surface area contributed by atoms with Gasteiger partial charge in [-0.3, -0.25) is 5.10 Å². The van der Waals surface area contributed by atoms with E-state index in [4.69, 9.17) is 10.5 Å². The summed E-state index contributed by atoms with van der Waals surface area (Å²) in [5.41, 5.74) is 4.95. The first-order valence-corrected chi connectivity index (χ1v) is 9.83. The van der Waals surface area contributed by atoms with Crippen molar-refractivity contribution >= 4 is 16.9 Å². The topological polar surface area (TPSA) is 93.0 Å². The molecule has 0 amide bonds. The van der Waals surface area contributed by atoms with Crippen LogP contribution in [0.25, 0.3) is 22.4 Å². The Balaban J connectivity index is 0.00000181. The standard InChI is InChI=1S/C20H23F3N6O.3H2/c1-2-7-19(11-24)12-29(9-10-30-19)15-6-5-14(20(21,22)23)17(26-15)16-13-4-3-8-25-18(13)28-27-16;;;/h3-6,8H,2,7,9-12,24H2,1H3,(H,25,27,28);3*1H. The van der Waals surface area contributed by atoms with Gasteiger partial charge in [0.2, 0.25) is 0 Å². The molecule has 4 rings (SSSR count). The largest absolute Gasteiger partial charge is 0.418 e. The van der Waals surface area contributed by atoms with Crippen molar-refractivity contribution < 1.29 is 22.2 Å². The zero-order chi connectivity index (χ0) is 21.4. The minimum Gasteiger partial charge on any atom is -0.370 e. The van der Waals surface area contributed by atoms with Crippen molar-refractivity contribution in [2.45, 2.75) is 31.5 Å². The van der Waals surface area contributed by atoms with Crippen molar-refractivity contribution in [2.75, 3.05) is 31.1 Å². The van der Waals surface area contributed by atoms with Gasteiger partial charge in [0.25, 0.3) is 0 Å². The molecular weight excluding hydrogens is 397 g/mol. The number of nitrogens with one attached hydrogen (secondary N) is 1. The average Bonchev–Trinajstić information content (AvgIpc) is 3.17. The zero-order valence-corrected chi connectivity index (χ0v) is 16.5. The van der Waals surface area contributed by atoms with Crippen LogP contribution in [0.4, 0.5) is 19.0 Å². The molecule has 0 aliphatic carbocycles. The molecule has 1 atom stereocenters. The third-order valence-electron chi connectivity index (χ3n) is 5.40. The Bertz CT molecular complexity index is 1050. The van der Waals surface area contributed by atoms with Crippen LogP contribution in [-0.4, -0.2) is 52.0 Å². The van der Waals surface area contributed by atoms with E-state index in [1.54, 1.807) is 12.1 Å². The zero-order valence-electron chi connectivity index (χ0n) is 16.5. The lowest BCUT2D eigenvalue weighted by Gasteiger charge is -2.42. The lowest BCUT2D eigenvalue weighted by Crippen LogP contribution is -2.56. The number of aromatic nitrogens is 4. The van der Waals surface area contributed by atoms with Crippen LogP contribution in [0.3, 0.4) is 0 Å². The summed E-state index contributed by atoms with van der Waals surface area (Å²) in [4.78, 5) is 10.5. The fourth-order valence-corrected chi connectivity index (χ4v) is 3.95. The normalized spacial score (nSPS) is 20.1. The number of morpholine rings is 1. The molecule has 4 heterocycles. The van der Waals surface area contributed by atoms with Crippen LogP contribution in [-0.2, 0) is 10.9 Å². The number of hydrogen-bond acceptors (Lipinski definition) is 6. The van der Waals surface area contributed by atoms with Crippen LogP contribution in [0.1, 0.15) is 29.6 Å². The van der Waals surface area contributed by atoms with Gasteiger partial charge < -0.3 is 15.4 Å². The molecule has 3 aromatic heterocycles. The van der Waals surface area contributed by atoms with E-state index < -0.39 is 17.3 Å². The predicted octanol–water partition coefficient (Wildman–Crippen LogP) is 4.11. The molecule has 0 radical (unpaired) electrons. The molecule has 1 aliphatic rings. The van der Waals surface area contributed by atoms with E-state index in [1.165, 1.54) is 12.3 Å². The number of anilines is 1. The number of ether oxygens (including phenoxy) is 1. The summed E-state index contributed by atoms with van der Waals surface area (Å²) in [5.74, 6) is 0.446. The summed E-state index contributed by atoms with van der Waals surface area (Å²) in [6, 6.07) is 5.80. The quantitative estimate of drug-likeness (QED) is 0.638. The maximum atomic E-state index is 13.8. The Hall–Kier alpha value is -2.72. The molecule has 3 N–H and O–H groups in total. The van der Waals surface area contributed by atoms with E-state index in [0.29, 0.717) is 43.1 Å². The highest BCUT2D eigenvalue weighted by Gasteiger charge is 2.38. The maximum Gasteiger partial charge on any atom is 0.418 e. The van der Waals surface area contributed by atoms with Gasteiger partial charge in [-0.25, -0.2) is 9.97 Å². The Morgan fingerprint density at radius 2 is 2.17 bits per heavy atom. The Morgan fingerprint density at radius 3 is 2.90 bits per heavy atom. The number of alkyl halides is 3. The third kappa shape index (κ3) is 3.72. The molecule has 30 heavy (non-hydrogen) atoms. The second-order valence-corrected chi connectivity index (χ2v) is 7.44. The highest BCUT2D eigenvalue weighted by Crippen LogP contribution is 2.39. The maximum absolute atomic E-state index is 13.8. The van der Waals surface area contributed by atoms with Crippen LogP contribution in [0, 0.1) is 0 Å². The summed E-state index contributed by atoms with van der Waals surface area (Å²) < 4.78 is 47.2. The van der Waals surface area contributed by atoms with Crippen molar-refractivity contribution in [3.8, 4) is 11.4 Å². The summed E-state index contributed by atoms with van der Waals surface area (Å²) in [5, 5.41) is 7.19. The number of nitrogens with zero attached hydrogens (tertiary/aromatic N) is 4. The first-order valence-electron chi connectivity index (χ1n) is 9.83. The molecular formula is C20H29F3N6O. The molecule has 1 unspecified atom stereocenters. The molecule has 0 saturated carbocycles. The number of aromatic amines is 1. The van der Waals surface area contributed by atoms with Crippen molar-refractivity contribution in [1.82, 2.24) is 20.2 Å². The fourth-order valence-electron chi connectivity index (χ4n) is 3.95. The van der Waals surface area contributed by atoms with Gasteiger partial charge in [-0.1, -0.05) is 13.3 Å². The first kappa shape index (κ1) is 20.5. The molecule has 10 heteroatoms. The molecule has 1 saturated heterocycles. The number of halogens is 3. The van der Waals surface area contributed by atoms with E-state index in [9.17, 15) is 13.2 Å². The molecule has 0 spiro atoms. The van der Waals surface area contributed by atoms with Crippen LogP contribution in [0.5, 0.6) is 0 Å². The number of nitrogens with two attached hydrogens (primary N) is 1. The number of rotatable bonds is 5. The molecule has 3 aromatic rings. The van der Waals surface area contributed by atoms with E-state index in [0.717, 1.165) is 18.9 Å². The van der Waals surface area contributed by atoms with Gasteiger partial charge in [0, 0.05) is 35.5 Å². The second kappa shape index (κ2) is 7.84. The van der Waals surface area contributed by atoms with E-state index >= 15 is 0 Å². The Kier molecular flexibility index (Phi) is 5.37.